The van der Waals surface area contributed by atoms with Crippen molar-refractivity contribution in [3.63, 3.8) is 0 Å². The van der Waals surface area contributed by atoms with Gasteiger partial charge in [-0.3, -0.25) is 0 Å². The molecule has 0 aromatic rings. The van der Waals surface area contributed by atoms with E-state index in [0.717, 1.165) is 0 Å². The molecule has 0 aliphatic rings. The minimum atomic E-state index is -0.667. The van der Waals surface area contributed by atoms with Crippen LogP contribution in [0.5, 0.6) is 0 Å². The summed E-state index contributed by atoms with van der Waals surface area (Å²) in [6.07, 6.45) is 4.67. The summed E-state index contributed by atoms with van der Waals surface area (Å²) >= 11 is 0. The Bertz CT molecular complexity index is 140. The van der Waals surface area contributed by atoms with Gasteiger partial charge in [0.05, 0.1) is 19.8 Å². The fourth-order valence-electron chi connectivity index (χ4n) is 1.19. The Hall–Kier alpha value is -0.120. The van der Waals surface area contributed by atoms with Gasteiger partial charge in [-0.25, -0.2) is 0 Å². The maximum absolute atomic E-state index is 8.66. The van der Waals surface area contributed by atoms with Crippen LogP contribution in [0.2, 0.25) is 0 Å². The fourth-order valence-corrected chi connectivity index (χ4v) is 1.19. The largest absolute Gasteiger partial charge is 0.396 e. The molecule has 3 N–H and O–H groups in total. The molecule has 0 radical (unpaired) electrons. The molecule has 3 nitrogen and oxygen atoms in total. The maximum atomic E-state index is 8.66. The van der Waals surface area contributed by atoms with Gasteiger partial charge >= 0.3 is 0 Å². The number of aliphatic hydroxyl groups excluding tert-OH is 3. The highest BCUT2D eigenvalue weighted by atomic mass is 16.3. The molecule has 0 aliphatic carbocycles. The average molecular weight is 248 g/mol. The van der Waals surface area contributed by atoms with Gasteiger partial charge in [-0.1, -0.05) is 47.5 Å². The van der Waals surface area contributed by atoms with E-state index < -0.39 is 5.41 Å². The maximum Gasteiger partial charge on any atom is 0.0531 e. The van der Waals surface area contributed by atoms with Gasteiger partial charge < -0.3 is 15.3 Å². The first kappa shape index (κ1) is 19.2. The van der Waals surface area contributed by atoms with Gasteiger partial charge in [-0.05, 0) is 18.3 Å². The average Bonchev–Trinajstić information content (AvgIpc) is 2.30. The van der Waals surface area contributed by atoms with Crippen molar-refractivity contribution in [1.29, 1.82) is 0 Å². The van der Waals surface area contributed by atoms with E-state index in [9.17, 15) is 0 Å². The van der Waals surface area contributed by atoms with Crippen LogP contribution in [0.25, 0.3) is 0 Å². The second kappa shape index (κ2) is 9.86. The van der Waals surface area contributed by atoms with Crippen molar-refractivity contribution in [2.24, 2.45) is 10.8 Å². The Kier molecular flexibility index (Phi) is 11.2. The van der Waals surface area contributed by atoms with E-state index in [1.54, 1.807) is 0 Å². The molecular weight excluding hydrogens is 216 g/mol. The van der Waals surface area contributed by atoms with E-state index in [4.69, 9.17) is 15.3 Å². The summed E-state index contributed by atoms with van der Waals surface area (Å²) in [4.78, 5) is 0. The Balaban J connectivity index is 0. The van der Waals surface area contributed by atoms with Gasteiger partial charge in [-0.2, -0.15) is 0 Å². The van der Waals surface area contributed by atoms with Gasteiger partial charge in [0.1, 0.15) is 0 Å². The monoisotopic (exact) mass is 248 g/mol. The van der Waals surface area contributed by atoms with E-state index >= 15 is 0 Å². The Morgan fingerprint density at radius 3 is 1.29 bits per heavy atom. The van der Waals surface area contributed by atoms with Crippen LogP contribution in [0.4, 0.5) is 0 Å². The van der Waals surface area contributed by atoms with E-state index in [-0.39, 0.29) is 19.8 Å². The van der Waals surface area contributed by atoms with E-state index in [1.807, 2.05) is 6.92 Å². The quantitative estimate of drug-likeness (QED) is 0.677. The number of rotatable bonds is 6. The summed E-state index contributed by atoms with van der Waals surface area (Å²) in [6, 6.07) is 0. The summed E-state index contributed by atoms with van der Waals surface area (Å²) in [5, 5.41) is 26.0. The zero-order valence-electron chi connectivity index (χ0n) is 12.3. The molecule has 17 heavy (non-hydrogen) atoms. The predicted octanol–water partition coefficient (Wildman–Crippen LogP) is 2.58. The number of hydrogen-bond acceptors (Lipinski definition) is 3. The predicted molar refractivity (Wildman–Crippen MR) is 73.0 cm³/mol. The molecule has 0 fully saturated rings. The molecule has 0 aromatic carbocycles. The number of unbranched alkanes of at least 4 members (excludes halogenated alkanes) is 1. The van der Waals surface area contributed by atoms with Crippen molar-refractivity contribution in [3.05, 3.63) is 0 Å². The second-order valence-corrected chi connectivity index (χ2v) is 5.99. The molecule has 0 rings (SSSR count). The molecule has 0 saturated carbocycles. The minimum Gasteiger partial charge on any atom is -0.396 e. The lowest BCUT2D eigenvalue weighted by Crippen LogP contribution is -2.32. The highest BCUT2D eigenvalue weighted by molar-refractivity contribution is 4.74. The first-order valence-corrected chi connectivity index (χ1v) is 6.63. The molecule has 0 unspecified atom stereocenters. The van der Waals surface area contributed by atoms with Crippen LogP contribution in [-0.4, -0.2) is 35.1 Å². The lowest BCUT2D eigenvalue weighted by atomic mass is 9.88. The van der Waals surface area contributed by atoms with Crippen LogP contribution in [0.3, 0.4) is 0 Å². The standard InChI is InChI=1S/C8H18.C6H14O3/c1-5-6-7-8(2,3)4;1-2-6(3-7,4-8)5-9/h5-7H2,1-4H3;7-9H,2-5H2,1H3. The summed E-state index contributed by atoms with van der Waals surface area (Å²) in [5.74, 6) is 0. The van der Waals surface area contributed by atoms with Crippen LogP contribution in [-0.2, 0) is 0 Å². The molecule has 0 atom stereocenters. The van der Waals surface area contributed by atoms with Crippen molar-refractivity contribution in [2.45, 2.75) is 60.3 Å². The normalized spacial score (nSPS) is 12.0. The fraction of sp³-hybridized carbons (Fsp3) is 1.00. The zero-order valence-corrected chi connectivity index (χ0v) is 12.3. The summed E-state index contributed by atoms with van der Waals surface area (Å²) < 4.78 is 0. The number of aliphatic hydroxyl groups is 3. The first-order chi connectivity index (χ1) is 7.80. The minimum absolute atomic E-state index is 0.156. The van der Waals surface area contributed by atoms with Gasteiger partial charge in [0.15, 0.2) is 0 Å². The SMILES string of the molecule is CCC(CO)(CO)CO.CCCCC(C)(C)C. The van der Waals surface area contributed by atoms with Crippen LogP contribution in [0.15, 0.2) is 0 Å². The van der Waals surface area contributed by atoms with E-state index in [1.165, 1.54) is 19.3 Å². The topological polar surface area (TPSA) is 60.7 Å². The highest BCUT2D eigenvalue weighted by Crippen LogP contribution is 2.21. The van der Waals surface area contributed by atoms with Crippen LogP contribution in [0, 0.1) is 10.8 Å². The molecule has 3 heteroatoms. The smallest absolute Gasteiger partial charge is 0.0531 e. The molecular formula is C14H32O3. The third kappa shape index (κ3) is 10.7. The van der Waals surface area contributed by atoms with Crippen molar-refractivity contribution in [2.75, 3.05) is 19.8 Å². The zero-order chi connectivity index (χ0) is 13.9. The van der Waals surface area contributed by atoms with Gasteiger partial charge in [0.25, 0.3) is 0 Å². The second-order valence-electron chi connectivity index (χ2n) is 5.99. The van der Waals surface area contributed by atoms with Crippen LogP contribution < -0.4 is 0 Å². The van der Waals surface area contributed by atoms with Gasteiger partial charge in [0.2, 0.25) is 0 Å². The molecule has 106 valence electrons. The Morgan fingerprint density at radius 2 is 1.24 bits per heavy atom. The highest BCUT2D eigenvalue weighted by Gasteiger charge is 2.24. The lowest BCUT2D eigenvalue weighted by Gasteiger charge is -2.24. The summed E-state index contributed by atoms with van der Waals surface area (Å²) in [7, 11) is 0. The molecule has 0 heterocycles. The lowest BCUT2D eigenvalue weighted by molar-refractivity contribution is 0.00304. The summed E-state index contributed by atoms with van der Waals surface area (Å²) in [6.45, 7) is 10.5. The van der Waals surface area contributed by atoms with Crippen LogP contribution >= 0.6 is 0 Å². The molecule has 0 saturated heterocycles. The first-order valence-electron chi connectivity index (χ1n) is 6.63. The molecule has 0 aromatic heterocycles. The Labute approximate surface area is 107 Å². The molecule has 0 bridgehead atoms. The molecule has 0 spiro atoms. The van der Waals surface area contributed by atoms with Crippen LogP contribution in [0.1, 0.15) is 60.3 Å². The van der Waals surface area contributed by atoms with E-state index in [2.05, 4.69) is 27.7 Å². The van der Waals surface area contributed by atoms with E-state index in [0.29, 0.717) is 11.8 Å². The van der Waals surface area contributed by atoms with Gasteiger partial charge in [-0.15, -0.1) is 0 Å². The molecule has 0 amide bonds. The summed E-state index contributed by atoms with van der Waals surface area (Å²) in [5.41, 5.74) is -0.115. The van der Waals surface area contributed by atoms with Crippen molar-refractivity contribution >= 4 is 0 Å². The number of hydrogen-bond donors (Lipinski definition) is 3. The third-order valence-corrected chi connectivity index (χ3v) is 3.04. The third-order valence-electron chi connectivity index (χ3n) is 3.04. The Morgan fingerprint density at radius 1 is 0.824 bits per heavy atom. The molecule has 0 aliphatic heterocycles. The van der Waals surface area contributed by atoms with Gasteiger partial charge in [0, 0.05) is 5.41 Å². The van der Waals surface area contributed by atoms with Crippen molar-refractivity contribution in [1.82, 2.24) is 0 Å². The van der Waals surface area contributed by atoms with Crippen molar-refractivity contribution in [3.8, 4) is 0 Å². The van der Waals surface area contributed by atoms with Crippen molar-refractivity contribution < 1.29 is 15.3 Å².